The molecule has 0 radical (unpaired) electrons. The second-order valence-corrected chi connectivity index (χ2v) is 30.0. The van der Waals surface area contributed by atoms with Gasteiger partial charge >= 0.3 is 8.38 Å². The maximum absolute atomic E-state index is 7.38. The maximum Gasteiger partial charge on any atom is 0.326 e. The Morgan fingerprint density at radius 1 is 0.270 bits per heavy atom. The standard InChI is InChI=1S/C69H86O3P2/c1-45-39-61(58(67(13,14)15)42-55(45)64(4,5)6)70-73(52-33-27-49(28-34-52)48-25-23-22-24-26-48)53-35-29-50(30-36-53)51-31-37-54(38-32-51)74(71-62-40-46(2)56(65(7,8)9)43-59(62)68(16,17)18)72-63-41-47(3)57(66(10,11)12)44-60(63)69(19,20)21/h22-44H,1-21H3. The molecule has 5 heteroatoms. The van der Waals surface area contributed by atoms with Gasteiger partial charge in [0.05, 0.1) is 5.30 Å². The summed E-state index contributed by atoms with van der Waals surface area (Å²) in [5, 5.41) is 3.33. The first-order valence-electron chi connectivity index (χ1n) is 26.7. The molecule has 0 spiro atoms. The van der Waals surface area contributed by atoms with Crippen LogP contribution < -0.4 is 29.5 Å². The molecule has 0 saturated carbocycles. The van der Waals surface area contributed by atoms with Crippen LogP contribution in [-0.4, -0.2) is 0 Å². The molecular weight excluding hydrogens is 939 g/mol. The minimum atomic E-state index is -1.63. The minimum Gasteiger partial charge on any atom is -0.464 e. The summed E-state index contributed by atoms with van der Waals surface area (Å²) in [5.41, 5.74) is 15.5. The summed E-state index contributed by atoms with van der Waals surface area (Å²) in [7, 11) is -2.88. The van der Waals surface area contributed by atoms with Crippen molar-refractivity contribution in [3.05, 3.63) is 190 Å². The van der Waals surface area contributed by atoms with Crippen molar-refractivity contribution in [2.75, 3.05) is 0 Å². The van der Waals surface area contributed by atoms with E-state index in [4.69, 9.17) is 13.6 Å². The van der Waals surface area contributed by atoms with Gasteiger partial charge in [-0.25, -0.2) is 0 Å². The lowest BCUT2D eigenvalue weighted by molar-refractivity contribution is 0.465. The van der Waals surface area contributed by atoms with E-state index < -0.39 is 16.5 Å². The van der Waals surface area contributed by atoms with Crippen molar-refractivity contribution >= 4 is 32.4 Å². The lowest BCUT2D eigenvalue weighted by atomic mass is 9.78. The third kappa shape index (κ3) is 13.1. The first-order chi connectivity index (χ1) is 34.2. The monoisotopic (exact) mass is 1020 g/mol. The van der Waals surface area contributed by atoms with Gasteiger partial charge in [-0.05, 0) is 139 Å². The van der Waals surface area contributed by atoms with E-state index in [-0.39, 0.29) is 32.5 Å². The van der Waals surface area contributed by atoms with Crippen LogP contribution in [0, 0.1) is 20.8 Å². The van der Waals surface area contributed by atoms with Gasteiger partial charge in [0.15, 0.2) is 8.15 Å². The van der Waals surface area contributed by atoms with Crippen LogP contribution in [-0.2, 0) is 32.5 Å². The fourth-order valence-electron chi connectivity index (χ4n) is 10.1. The van der Waals surface area contributed by atoms with Gasteiger partial charge in [0.25, 0.3) is 0 Å². The Bertz CT molecular complexity index is 2980. The molecule has 0 amide bonds. The molecule has 1 unspecified atom stereocenters. The van der Waals surface area contributed by atoms with E-state index >= 15 is 0 Å². The predicted molar refractivity (Wildman–Crippen MR) is 324 cm³/mol. The van der Waals surface area contributed by atoms with Gasteiger partial charge in [-0.1, -0.05) is 234 Å². The normalized spacial score (nSPS) is 13.3. The van der Waals surface area contributed by atoms with Gasteiger partial charge in [0, 0.05) is 27.3 Å². The van der Waals surface area contributed by atoms with Crippen molar-refractivity contribution in [3.8, 4) is 39.5 Å². The van der Waals surface area contributed by atoms with E-state index in [1.165, 1.54) is 66.5 Å². The summed E-state index contributed by atoms with van der Waals surface area (Å²) in [6.07, 6.45) is 0. The molecule has 390 valence electrons. The molecule has 0 heterocycles. The van der Waals surface area contributed by atoms with Crippen molar-refractivity contribution in [1.82, 2.24) is 0 Å². The smallest absolute Gasteiger partial charge is 0.326 e. The number of rotatable bonds is 11. The average Bonchev–Trinajstić information content (AvgIpc) is 3.28. The van der Waals surface area contributed by atoms with Gasteiger partial charge in [-0.15, -0.1) is 0 Å². The van der Waals surface area contributed by atoms with Crippen LogP contribution in [0.5, 0.6) is 17.2 Å². The molecule has 0 saturated heterocycles. The predicted octanol–water partition coefficient (Wildman–Crippen LogP) is 19.3. The zero-order valence-corrected chi connectivity index (χ0v) is 50.7. The van der Waals surface area contributed by atoms with Gasteiger partial charge in [0.2, 0.25) is 0 Å². The Hall–Kier alpha value is -5.20. The van der Waals surface area contributed by atoms with E-state index in [2.05, 4.69) is 285 Å². The number of hydrogen-bond acceptors (Lipinski definition) is 3. The largest absolute Gasteiger partial charge is 0.464 e. The first kappa shape index (κ1) is 56.5. The summed E-state index contributed by atoms with van der Waals surface area (Å²) >= 11 is 0. The van der Waals surface area contributed by atoms with Crippen molar-refractivity contribution in [2.45, 2.75) is 178 Å². The minimum absolute atomic E-state index is 0.0111. The molecule has 7 aromatic carbocycles. The van der Waals surface area contributed by atoms with Crippen LogP contribution >= 0.6 is 16.5 Å². The molecule has 74 heavy (non-hydrogen) atoms. The highest BCUT2D eigenvalue weighted by Crippen LogP contribution is 2.49. The lowest BCUT2D eigenvalue weighted by Gasteiger charge is -2.32. The molecule has 0 aliphatic rings. The third-order valence-electron chi connectivity index (χ3n) is 14.1. The SMILES string of the molecule is Cc1cc(OP(Oc2cc(C)c(C(C)(C)C)cc2C(C)(C)C)c2ccc(-c3ccc(P(Oc4cc(C)c(C(C)(C)C)cc4C(C)(C)C)c4ccc(-c5ccccc5)cc4)cc3)cc2)c(C(C)(C)C)cc1C(C)(C)C. The van der Waals surface area contributed by atoms with Crippen LogP contribution in [0.4, 0.5) is 0 Å². The molecule has 7 aromatic rings. The van der Waals surface area contributed by atoms with Gasteiger partial charge in [-0.3, -0.25) is 0 Å². The molecule has 0 aliphatic heterocycles. The molecule has 7 rings (SSSR count). The molecule has 0 aromatic heterocycles. The Morgan fingerprint density at radius 2 is 0.527 bits per heavy atom. The fourth-order valence-corrected chi connectivity index (χ4v) is 13.1. The highest BCUT2D eigenvalue weighted by Gasteiger charge is 2.32. The Labute approximate surface area is 450 Å². The Kier molecular flexibility index (Phi) is 16.1. The summed E-state index contributed by atoms with van der Waals surface area (Å²) in [6, 6.07) is 51.4. The third-order valence-corrected chi connectivity index (χ3v) is 17.5. The molecule has 0 aliphatic carbocycles. The highest BCUT2D eigenvalue weighted by molar-refractivity contribution is 7.68. The van der Waals surface area contributed by atoms with E-state index in [9.17, 15) is 0 Å². The summed E-state index contributed by atoms with van der Waals surface area (Å²) in [6.45, 7) is 47.8. The van der Waals surface area contributed by atoms with Crippen molar-refractivity contribution < 1.29 is 13.6 Å². The number of benzene rings is 7. The Morgan fingerprint density at radius 3 is 0.811 bits per heavy atom. The zero-order chi connectivity index (χ0) is 54.5. The van der Waals surface area contributed by atoms with Crippen LogP contribution in [0.2, 0.25) is 0 Å². The van der Waals surface area contributed by atoms with Crippen molar-refractivity contribution in [1.29, 1.82) is 0 Å². The van der Waals surface area contributed by atoms with Crippen LogP contribution in [0.3, 0.4) is 0 Å². The molecule has 0 fully saturated rings. The van der Waals surface area contributed by atoms with Gasteiger partial charge in [-0.2, -0.15) is 0 Å². The van der Waals surface area contributed by atoms with E-state index in [1.807, 2.05) is 0 Å². The highest BCUT2D eigenvalue weighted by atomic mass is 31.2. The van der Waals surface area contributed by atoms with Crippen LogP contribution in [0.15, 0.2) is 140 Å². The summed E-state index contributed by atoms with van der Waals surface area (Å²) in [4.78, 5) is 0. The zero-order valence-electron chi connectivity index (χ0n) is 48.9. The Balaban J connectivity index is 1.29. The molecular formula is C69H86O3P2. The van der Waals surface area contributed by atoms with Gasteiger partial charge < -0.3 is 13.6 Å². The van der Waals surface area contributed by atoms with Crippen molar-refractivity contribution in [3.63, 3.8) is 0 Å². The van der Waals surface area contributed by atoms with Crippen LogP contribution in [0.1, 0.15) is 175 Å². The van der Waals surface area contributed by atoms with Crippen molar-refractivity contribution in [2.24, 2.45) is 0 Å². The average molecular weight is 1030 g/mol. The number of aryl methyl sites for hydroxylation is 3. The summed E-state index contributed by atoms with van der Waals surface area (Å²) in [5.74, 6) is 2.70. The number of hydrogen-bond donors (Lipinski definition) is 0. The summed E-state index contributed by atoms with van der Waals surface area (Å²) < 4.78 is 22.0. The molecule has 1 atom stereocenters. The fraction of sp³-hybridized carbons (Fsp3) is 0.391. The lowest BCUT2D eigenvalue weighted by Crippen LogP contribution is -2.21. The van der Waals surface area contributed by atoms with E-state index in [1.54, 1.807) is 0 Å². The first-order valence-corrected chi connectivity index (χ1v) is 29.1. The molecule has 0 bridgehead atoms. The van der Waals surface area contributed by atoms with E-state index in [0.717, 1.165) is 39.0 Å². The second-order valence-electron chi connectivity index (χ2n) is 26.8. The molecule has 0 N–H and O–H groups in total. The molecule has 3 nitrogen and oxygen atoms in total. The van der Waals surface area contributed by atoms with Crippen LogP contribution in [0.25, 0.3) is 22.3 Å². The van der Waals surface area contributed by atoms with Gasteiger partial charge in [0.1, 0.15) is 17.2 Å². The topological polar surface area (TPSA) is 27.7 Å². The maximum atomic E-state index is 7.38. The second kappa shape index (κ2) is 21.1. The van der Waals surface area contributed by atoms with E-state index in [0.29, 0.717) is 0 Å². The quantitative estimate of drug-likeness (QED) is 0.121.